The van der Waals surface area contributed by atoms with Crippen LogP contribution in [0.3, 0.4) is 0 Å². The molecule has 0 aliphatic carbocycles. The Morgan fingerprint density at radius 3 is 2.52 bits per heavy atom. The van der Waals surface area contributed by atoms with Gasteiger partial charge >= 0.3 is 7.40 Å². The van der Waals surface area contributed by atoms with Crippen LogP contribution < -0.4 is 21.9 Å². The predicted molar refractivity (Wildman–Crippen MR) is 118 cm³/mol. The lowest BCUT2D eigenvalue weighted by atomic mass is 10.2. The van der Waals surface area contributed by atoms with E-state index in [1.54, 1.807) is 13.8 Å². The summed E-state index contributed by atoms with van der Waals surface area (Å²) in [5.74, 6) is -0.0610. The SMILES string of the molecule is CCCCCN(CCc1csc(SC(C)(C)C(=O)O)n1)c1ncc(CC)cn1.[Br-].[H+]. The second kappa shape index (κ2) is 12.5. The van der Waals surface area contributed by atoms with Crippen LogP contribution in [0.4, 0.5) is 5.95 Å². The van der Waals surface area contributed by atoms with Crippen LogP contribution in [-0.2, 0) is 17.6 Å². The van der Waals surface area contributed by atoms with Gasteiger partial charge in [-0.25, -0.2) is 15.0 Å². The van der Waals surface area contributed by atoms with Gasteiger partial charge in [-0.05, 0) is 32.3 Å². The van der Waals surface area contributed by atoms with Gasteiger partial charge in [0.1, 0.15) is 4.75 Å². The van der Waals surface area contributed by atoms with Crippen molar-refractivity contribution in [2.24, 2.45) is 0 Å². The maximum absolute atomic E-state index is 11.3. The van der Waals surface area contributed by atoms with Crippen molar-refractivity contribution >= 4 is 35.0 Å². The van der Waals surface area contributed by atoms with Crippen molar-refractivity contribution in [2.45, 2.75) is 68.9 Å². The van der Waals surface area contributed by atoms with Gasteiger partial charge in [0.25, 0.3) is 0 Å². The van der Waals surface area contributed by atoms with Gasteiger partial charge in [-0.2, -0.15) is 0 Å². The third kappa shape index (κ3) is 8.22. The predicted octanol–water partition coefficient (Wildman–Crippen LogP) is 1.81. The normalized spacial score (nSPS) is 11.2. The molecule has 162 valence electrons. The lowest BCUT2D eigenvalue weighted by Crippen LogP contribution is -3.00. The van der Waals surface area contributed by atoms with Gasteiger partial charge in [-0.1, -0.05) is 38.5 Å². The van der Waals surface area contributed by atoms with Crippen LogP contribution in [0.15, 0.2) is 22.1 Å². The molecule has 0 unspecified atom stereocenters. The number of aryl methyl sites for hydroxylation is 1. The van der Waals surface area contributed by atoms with Crippen molar-refractivity contribution in [3.8, 4) is 0 Å². The molecule has 2 aromatic heterocycles. The maximum Gasteiger partial charge on any atom is 1.00 e. The van der Waals surface area contributed by atoms with E-state index >= 15 is 0 Å². The summed E-state index contributed by atoms with van der Waals surface area (Å²) in [5.41, 5.74) is 2.12. The number of aliphatic carboxylic acids is 1. The third-order valence-electron chi connectivity index (χ3n) is 4.44. The number of aromatic nitrogens is 3. The van der Waals surface area contributed by atoms with Crippen molar-refractivity contribution in [2.75, 3.05) is 18.0 Å². The highest BCUT2D eigenvalue weighted by Gasteiger charge is 2.29. The summed E-state index contributed by atoms with van der Waals surface area (Å²) in [7, 11) is 0. The second-order valence-electron chi connectivity index (χ2n) is 7.21. The van der Waals surface area contributed by atoms with Crippen LogP contribution in [0.5, 0.6) is 0 Å². The Kier molecular flexibility index (Phi) is 11.1. The van der Waals surface area contributed by atoms with Crippen LogP contribution in [0.2, 0.25) is 0 Å². The number of nitrogens with zero attached hydrogens (tertiary/aromatic N) is 4. The summed E-state index contributed by atoms with van der Waals surface area (Å²) in [6, 6.07) is 0. The standard InChI is InChI=1S/C20H30N4O2S2.BrH/c1-5-7-8-10-24(18-21-12-15(6-2)13-22-18)11-9-16-14-27-19(23-16)28-20(3,4)17(25)26;/h12-14H,5-11H2,1-4H3,(H,25,26);1H. The van der Waals surface area contributed by atoms with E-state index in [1.165, 1.54) is 35.9 Å². The molecule has 2 rings (SSSR count). The lowest BCUT2D eigenvalue weighted by molar-refractivity contribution is -0.138. The van der Waals surface area contributed by atoms with Crippen LogP contribution in [0.25, 0.3) is 0 Å². The molecule has 0 atom stereocenters. The van der Waals surface area contributed by atoms with E-state index in [2.05, 4.69) is 33.7 Å². The van der Waals surface area contributed by atoms with Gasteiger partial charge in [-0.15, -0.1) is 11.3 Å². The monoisotopic (exact) mass is 502 g/mol. The molecule has 29 heavy (non-hydrogen) atoms. The lowest BCUT2D eigenvalue weighted by Gasteiger charge is -2.22. The number of anilines is 1. The first-order chi connectivity index (χ1) is 13.4. The Balaban J connectivity index is 0.00000420. The maximum atomic E-state index is 11.3. The van der Waals surface area contributed by atoms with E-state index in [9.17, 15) is 9.90 Å². The minimum atomic E-state index is -0.879. The number of halogens is 1. The fourth-order valence-electron chi connectivity index (χ4n) is 2.52. The average molecular weight is 504 g/mol. The molecule has 0 aliphatic heterocycles. The van der Waals surface area contributed by atoms with Crippen molar-refractivity contribution < 1.29 is 28.3 Å². The summed E-state index contributed by atoms with van der Waals surface area (Å²) < 4.78 is -0.0839. The Labute approximate surface area is 193 Å². The zero-order valence-corrected chi connectivity index (χ0v) is 20.7. The molecule has 0 radical (unpaired) electrons. The zero-order valence-electron chi connectivity index (χ0n) is 18.5. The molecule has 6 nitrogen and oxygen atoms in total. The molecule has 0 fully saturated rings. The Hall–Kier alpha value is -1.19. The molecule has 0 saturated carbocycles. The topological polar surface area (TPSA) is 79.2 Å². The van der Waals surface area contributed by atoms with E-state index in [1.807, 2.05) is 17.8 Å². The van der Waals surface area contributed by atoms with Crippen LogP contribution in [-0.4, -0.2) is 43.9 Å². The summed E-state index contributed by atoms with van der Waals surface area (Å²) in [6.45, 7) is 9.43. The van der Waals surface area contributed by atoms with Crippen molar-refractivity contribution in [3.63, 3.8) is 0 Å². The first-order valence-electron chi connectivity index (χ1n) is 9.78. The van der Waals surface area contributed by atoms with E-state index in [4.69, 9.17) is 0 Å². The van der Waals surface area contributed by atoms with E-state index < -0.39 is 10.7 Å². The number of carboxylic acid groups (broad SMARTS) is 1. The van der Waals surface area contributed by atoms with Gasteiger partial charge in [0.15, 0.2) is 4.34 Å². The number of unbranched alkanes of at least 4 members (excludes halogenated alkanes) is 2. The van der Waals surface area contributed by atoms with Gasteiger partial charge in [0.2, 0.25) is 5.95 Å². The molecule has 0 bridgehead atoms. The Bertz CT molecular complexity index is 760. The number of hydrogen-bond donors (Lipinski definition) is 1. The Morgan fingerprint density at radius 2 is 1.93 bits per heavy atom. The third-order valence-corrected chi connectivity index (χ3v) is 6.61. The fraction of sp³-hybridized carbons (Fsp3) is 0.600. The molecule has 0 aromatic carbocycles. The second-order valence-corrected chi connectivity index (χ2v) is 9.94. The summed E-state index contributed by atoms with van der Waals surface area (Å²) in [5, 5.41) is 11.3. The largest absolute Gasteiger partial charge is 1.00 e. The number of carboxylic acids is 1. The van der Waals surface area contributed by atoms with Gasteiger partial charge in [0, 0.05) is 37.3 Å². The van der Waals surface area contributed by atoms with Crippen molar-refractivity contribution in [1.29, 1.82) is 0 Å². The van der Waals surface area contributed by atoms with Crippen LogP contribution >= 0.6 is 23.1 Å². The molecular formula is C20H31BrN4O2S2. The summed E-state index contributed by atoms with van der Waals surface area (Å²) in [6.07, 6.45) is 9.00. The molecule has 0 amide bonds. The quantitative estimate of drug-likeness (QED) is 0.350. The van der Waals surface area contributed by atoms with Crippen molar-refractivity contribution in [3.05, 3.63) is 29.0 Å². The average Bonchev–Trinajstić information content (AvgIpc) is 3.11. The molecular weight excluding hydrogens is 472 g/mol. The highest BCUT2D eigenvalue weighted by Crippen LogP contribution is 2.34. The number of rotatable bonds is 12. The van der Waals surface area contributed by atoms with E-state index in [-0.39, 0.29) is 18.4 Å². The summed E-state index contributed by atoms with van der Waals surface area (Å²) in [4.78, 5) is 27.2. The number of hydrogen-bond acceptors (Lipinski definition) is 7. The first-order valence-corrected chi connectivity index (χ1v) is 11.5. The summed E-state index contributed by atoms with van der Waals surface area (Å²) >= 11 is 2.80. The van der Waals surface area contributed by atoms with E-state index in [0.29, 0.717) is 0 Å². The first kappa shape index (κ1) is 25.8. The highest BCUT2D eigenvalue weighted by molar-refractivity contribution is 8.02. The van der Waals surface area contributed by atoms with Crippen LogP contribution in [0.1, 0.15) is 59.6 Å². The molecule has 2 heterocycles. The minimum Gasteiger partial charge on any atom is -1.00 e. The van der Waals surface area contributed by atoms with Gasteiger partial charge < -0.3 is 27.0 Å². The number of thioether (sulfide) groups is 1. The molecule has 9 heteroatoms. The highest BCUT2D eigenvalue weighted by atomic mass is 79.9. The molecule has 0 saturated heterocycles. The smallest absolute Gasteiger partial charge is 1.00 e. The molecule has 2 aromatic rings. The molecule has 1 N–H and O–H groups in total. The van der Waals surface area contributed by atoms with Crippen LogP contribution in [0, 0.1) is 0 Å². The fourth-order valence-corrected chi connectivity index (χ4v) is 4.75. The van der Waals surface area contributed by atoms with Gasteiger partial charge in [0.05, 0.1) is 5.69 Å². The van der Waals surface area contributed by atoms with Gasteiger partial charge in [-0.3, -0.25) is 4.79 Å². The molecule has 0 aliphatic rings. The minimum absolute atomic E-state index is 0. The Morgan fingerprint density at radius 1 is 1.24 bits per heavy atom. The molecule has 0 spiro atoms. The number of thiazole rings is 1. The number of carbonyl (C=O) groups is 1. The van der Waals surface area contributed by atoms with Crippen molar-refractivity contribution in [1.82, 2.24) is 15.0 Å². The van der Waals surface area contributed by atoms with E-state index in [0.717, 1.165) is 53.9 Å². The zero-order chi connectivity index (χ0) is 20.6.